The van der Waals surface area contributed by atoms with Gasteiger partial charge in [-0.2, -0.15) is 0 Å². The second kappa shape index (κ2) is 5.06. The molecule has 0 aromatic carbocycles. The van der Waals surface area contributed by atoms with E-state index in [0.717, 1.165) is 17.8 Å². The number of hydrogen-bond acceptors (Lipinski definition) is 4. The average Bonchev–Trinajstić information content (AvgIpc) is 2.94. The van der Waals surface area contributed by atoms with Gasteiger partial charge in [0.05, 0.1) is 10.7 Å². The van der Waals surface area contributed by atoms with Crippen LogP contribution in [0.1, 0.15) is 40.1 Å². The zero-order valence-corrected chi connectivity index (χ0v) is 11.3. The molecule has 1 unspecified atom stereocenters. The summed E-state index contributed by atoms with van der Waals surface area (Å²) in [5.41, 5.74) is 0.706. The molecule has 5 nitrogen and oxygen atoms in total. The van der Waals surface area contributed by atoms with Crippen molar-refractivity contribution in [3.8, 4) is 0 Å². The maximum atomic E-state index is 12.3. The number of thiazole rings is 1. The van der Waals surface area contributed by atoms with E-state index in [0.29, 0.717) is 23.5 Å². The van der Waals surface area contributed by atoms with Crippen LogP contribution in [0.15, 0.2) is 0 Å². The van der Waals surface area contributed by atoms with Crippen molar-refractivity contribution in [2.45, 2.75) is 39.2 Å². The summed E-state index contributed by atoms with van der Waals surface area (Å²) < 4.78 is 0. The van der Waals surface area contributed by atoms with Gasteiger partial charge in [-0.05, 0) is 26.2 Å². The maximum Gasteiger partial charge on any atom is 0.326 e. The highest BCUT2D eigenvalue weighted by atomic mass is 32.1. The van der Waals surface area contributed by atoms with E-state index in [-0.39, 0.29) is 5.91 Å². The lowest BCUT2D eigenvalue weighted by atomic mass is 10.2. The van der Waals surface area contributed by atoms with Gasteiger partial charge < -0.3 is 10.0 Å². The number of carbonyl (C=O) groups excluding carboxylic acids is 1. The number of aliphatic carboxylic acids is 1. The van der Waals surface area contributed by atoms with E-state index in [1.54, 1.807) is 6.92 Å². The van der Waals surface area contributed by atoms with Gasteiger partial charge in [0.1, 0.15) is 10.9 Å². The molecule has 1 saturated heterocycles. The molecule has 1 aliphatic rings. The number of carboxylic acid groups (broad SMARTS) is 1. The molecule has 2 rings (SSSR count). The molecule has 0 bridgehead atoms. The van der Waals surface area contributed by atoms with Gasteiger partial charge in [0.15, 0.2) is 0 Å². The molecule has 1 aromatic rings. The number of carbonyl (C=O) groups is 2. The van der Waals surface area contributed by atoms with E-state index < -0.39 is 12.0 Å². The molecule has 1 aromatic heterocycles. The predicted octanol–water partition coefficient (Wildman–Crippen LogP) is 1.70. The molecule has 98 valence electrons. The van der Waals surface area contributed by atoms with Crippen LogP contribution in [-0.4, -0.2) is 39.5 Å². The second-order valence-corrected chi connectivity index (χ2v) is 5.45. The summed E-state index contributed by atoms with van der Waals surface area (Å²) in [5, 5.41) is 10.0. The number of nitrogens with zero attached hydrogens (tertiary/aromatic N) is 2. The van der Waals surface area contributed by atoms with Crippen molar-refractivity contribution < 1.29 is 14.7 Å². The Morgan fingerprint density at radius 2 is 2.28 bits per heavy atom. The van der Waals surface area contributed by atoms with Crippen LogP contribution < -0.4 is 0 Å². The predicted molar refractivity (Wildman–Crippen MR) is 67.9 cm³/mol. The van der Waals surface area contributed by atoms with Crippen LogP contribution in [0.3, 0.4) is 0 Å². The van der Waals surface area contributed by atoms with Crippen molar-refractivity contribution >= 4 is 23.2 Å². The van der Waals surface area contributed by atoms with Gasteiger partial charge in [-0.1, -0.05) is 6.92 Å². The highest BCUT2D eigenvalue weighted by molar-refractivity contribution is 7.13. The molecular formula is C12H16N2O3S. The van der Waals surface area contributed by atoms with Gasteiger partial charge in [-0.3, -0.25) is 4.79 Å². The minimum Gasteiger partial charge on any atom is -0.480 e. The third-order valence-corrected chi connectivity index (χ3v) is 4.43. The van der Waals surface area contributed by atoms with Crippen molar-refractivity contribution in [1.82, 2.24) is 9.88 Å². The Kier molecular flexibility index (Phi) is 3.65. The van der Waals surface area contributed by atoms with Gasteiger partial charge in [0.2, 0.25) is 0 Å². The first-order valence-electron chi connectivity index (χ1n) is 6.04. The highest BCUT2D eigenvalue weighted by Gasteiger charge is 2.35. The van der Waals surface area contributed by atoms with Crippen molar-refractivity contribution in [2.75, 3.05) is 6.54 Å². The number of rotatable bonds is 3. The lowest BCUT2D eigenvalue weighted by Crippen LogP contribution is -2.40. The summed E-state index contributed by atoms with van der Waals surface area (Å²) >= 11 is 1.37. The second-order valence-electron chi connectivity index (χ2n) is 4.37. The molecule has 1 N–H and O–H groups in total. The molecule has 18 heavy (non-hydrogen) atoms. The maximum absolute atomic E-state index is 12.3. The molecule has 1 aliphatic heterocycles. The van der Waals surface area contributed by atoms with Crippen molar-refractivity contribution in [3.63, 3.8) is 0 Å². The third kappa shape index (κ3) is 2.25. The van der Waals surface area contributed by atoms with Gasteiger partial charge in [0.25, 0.3) is 5.91 Å². The van der Waals surface area contributed by atoms with Gasteiger partial charge >= 0.3 is 5.97 Å². The Labute approximate surface area is 109 Å². The Morgan fingerprint density at radius 3 is 2.83 bits per heavy atom. The highest BCUT2D eigenvalue weighted by Crippen LogP contribution is 2.25. The first-order chi connectivity index (χ1) is 8.54. The fourth-order valence-electron chi connectivity index (χ4n) is 2.20. The molecule has 0 radical (unpaired) electrons. The molecule has 0 aliphatic carbocycles. The zero-order valence-electron chi connectivity index (χ0n) is 10.5. The first-order valence-corrected chi connectivity index (χ1v) is 6.86. The smallest absolute Gasteiger partial charge is 0.326 e. The van der Waals surface area contributed by atoms with Crippen LogP contribution in [-0.2, 0) is 11.2 Å². The molecule has 6 heteroatoms. The summed E-state index contributed by atoms with van der Waals surface area (Å²) in [6, 6.07) is -0.677. The summed E-state index contributed by atoms with van der Waals surface area (Å²) in [6.07, 6.45) is 2.09. The minimum absolute atomic E-state index is 0.186. The van der Waals surface area contributed by atoms with Crippen LogP contribution in [0, 0.1) is 6.92 Å². The number of amides is 1. The fraction of sp³-hybridized carbons (Fsp3) is 0.583. The van der Waals surface area contributed by atoms with E-state index in [9.17, 15) is 9.59 Å². The lowest BCUT2D eigenvalue weighted by molar-refractivity contribution is -0.141. The molecule has 1 atom stereocenters. The molecule has 1 fully saturated rings. The molecule has 1 amide bonds. The van der Waals surface area contributed by atoms with E-state index in [1.807, 2.05) is 6.92 Å². The summed E-state index contributed by atoms with van der Waals surface area (Å²) in [6.45, 7) is 4.31. The Hall–Kier alpha value is -1.43. The topological polar surface area (TPSA) is 70.5 Å². The van der Waals surface area contributed by atoms with E-state index in [2.05, 4.69) is 4.98 Å². The number of likely N-dealkylation sites (tertiary alicyclic amines) is 1. The quantitative estimate of drug-likeness (QED) is 0.905. The van der Waals surface area contributed by atoms with Gasteiger partial charge in [-0.25, -0.2) is 9.78 Å². The number of aromatic nitrogens is 1. The fourth-order valence-corrected chi connectivity index (χ4v) is 3.16. The lowest BCUT2D eigenvalue weighted by Gasteiger charge is -2.20. The van der Waals surface area contributed by atoms with E-state index in [4.69, 9.17) is 5.11 Å². The largest absolute Gasteiger partial charge is 0.480 e. The molecule has 0 saturated carbocycles. The summed E-state index contributed by atoms with van der Waals surface area (Å²) in [7, 11) is 0. The van der Waals surface area contributed by atoms with Crippen LogP contribution >= 0.6 is 11.3 Å². The molecular weight excluding hydrogens is 252 g/mol. The summed E-state index contributed by atoms with van der Waals surface area (Å²) in [4.78, 5) is 29.8. The van der Waals surface area contributed by atoms with Crippen LogP contribution in [0.25, 0.3) is 0 Å². The van der Waals surface area contributed by atoms with E-state index in [1.165, 1.54) is 16.2 Å². The normalized spacial score (nSPS) is 19.2. The average molecular weight is 268 g/mol. The SMILES string of the molecule is CCc1nc(C)c(C(=O)N2CCCC2C(=O)O)s1. The monoisotopic (exact) mass is 268 g/mol. The van der Waals surface area contributed by atoms with Gasteiger partial charge in [0, 0.05) is 6.54 Å². The Bertz CT molecular complexity index is 484. The third-order valence-electron chi connectivity index (χ3n) is 3.14. The van der Waals surface area contributed by atoms with Crippen LogP contribution in [0.5, 0.6) is 0 Å². The summed E-state index contributed by atoms with van der Waals surface area (Å²) in [5.74, 6) is -1.10. The van der Waals surface area contributed by atoms with Crippen LogP contribution in [0.2, 0.25) is 0 Å². The van der Waals surface area contributed by atoms with Crippen molar-refractivity contribution in [3.05, 3.63) is 15.6 Å². The Morgan fingerprint density at radius 1 is 1.56 bits per heavy atom. The number of aryl methyl sites for hydroxylation is 2. The standard InChI is InChI=1S/C12H16N2O3S/c1-3-9-13-7(2)10(18-9)11(15)14-6-4-5-8(14)12(16)17/h8H,3-6H2,1-2H3,(H,16,17). The van der Waals surface area contributed by atoms with Gasteiger partial charge in [-0.15, -0.1) is 11.3 Å². The van der Waals surface area contributed by atoms with Crippen molar-refractivity contribution in [1.29, 1.82) is 0 Å². The van der Waals surface area contributed by atoms with Crippen LogP contribution in [0.4, 0.5) is 0 Å². The molecule has 2 heterocycles. The molecule has 0 spiro atoms. The number of hydrogen-bond donors (Lipinski definition) is 1. The van der Waals surface area contributed by atoms with E-state index >= 15 is 0 Å². The first kappa shape index (κ1) is 13.0. The van der Waals surface area contributed by atoms with Crippen molar-refractivity contribution in [2.24, 2.45) is 0 Å². The Balaban J connectivity index is 2.25. The zero-order chi connectivity index (χ0) is 13.3. The minimum atomic E-state index is -0.918. The number of carboxylic acids is 1.